The van der Waals surface area contributed by atoms with Crippen molar-refractivity contribution in [3.8, 4) is 0 Å². The van der Waals surface area contributed by atoms with E-state index in [0.29, 0.717) is 32.2 Å². The molecule has 170 valence electrons. The van der Waals surface area contributed by atoms with E-state index in [-0.39, 0.29) is 29.9 Å². The molecule has 9 heteroatoms. The van der Waals surface area contributed by atoms with Gasteiger partial charge < -0.3 is 15.0 Å². The lowest BCUT2D eigenvalue weighted by Crippen LogP contribution is -2.42. The molecule has 0 bridgehead atoms. The SMILES string of the molecule is CN=C(NCC1CCN(CC(F)(F)F)C1)N1CCC(COCc2ccccc2)C1.I. The molecule has 3 rings (SSSR count). The summed E-state index contributed by atoms with van der Waals surface area (Å²) in [4.78, 5) is 8.08. The molecule has 0 radical (unpaired) electrons. The summed E-state index contributed by atoms with van der Waals surface area (Å²) in [6, 6.07) is 10.1. The van der Waals surface area contributed by atoms with Gasteiger partial charge in [0.2, 0.25) is 0 Å². The van der Waals surface area contributed by atoms with Crippen LogP contribution in [0, 0.1) is 11.8 Å². The third kappa shape index (κ3) is 8.22. The second-order valence-corrected chi connectivity index (χ2v) is 8.03. The highest BCUT2D eigenvalue weighted by Crippen LogP contribution is 2.23. The first-order valence-electron chi connectivity index (χ1n) is 10.3. The van der Waals surface area contributed by atoms with Crippen LogP contribution in [0.15, 0.2) is 35.3 Å². The summed E-state index contributed by atoms with van der Waals surface area (Å²) in [5.74, 6) is 1.53. The molecule has 0 amide bonds. The largest absolute Gasteiger partial charge is 0.401 e. The number of halogens is 4. The van der Waals surface area contributed by atoms with Crippen LogP contribution in [-0.2, 0) is 11.3 Å². The van der Waals surface area contributed by atoms with E-state index in [2.05, 4.69) is 27.3 Å². The number of nitrogens with one attached hydrogen (secondary N) is 1. The van der Waals surface area contributed by atoms with Crippen LogP contribution in [0.1, 0.15) is 18.4 Å². The molecule has 0 spiro atoms. The number of hydrogen-bond donors (Lipinski definition) is 1. The number of aliphatic imine (C=N–C) groups is 1. The maximum atomic E-state index is 12.5. The minimum Gasteiger partial charge on any atom is -0.376 e. The Labute approximate surface area is 194 Å². The van der Waals surface area contributed by atoms with Gasteiger partial charge in [0.05, 0.1) is 19.8 Å². The molecular formula is C21H32F3IN4O. The van der Waals surface area contributed by atoms with Crippen molar-refractivity contribution in [2.45, 2.75) is 25.6 Å². The van der Waals surface area contributed by atoms with Gasteiger partial charge in [0.25, 0.3) is 0 Å². The zero-order valence-electron chi connectivity index (χ0n) is 17.4. The number of hydrogen-bond acceptors (Lipinski definition) is 3. The summed E-state index contributed by atoms with van der Waals surface area (Å²) in [6.07, 6.45) is -2.28. The normalized spacial score (nSPS) is 22.9. The lowest BCUT2D eigenvalue weighted by Gasteiger charge is -2.23. The van der Waals surface area contributed by atoms with Gasteiger partial charge in [-0.1, -0.05) is 30.3 Å². The van der Waals surface area contributed by atoms with Crippen LogP contribution in [0.4, 0.5) is 13.2 Å². The molecule has 2 atom stereocenters. The number of alkyl halides is 3. The van der Waals surface area contributed by atoms with Gasteiger partial charge in [-0.2, -0.15) is 13.2 Å². The second kappa shape index (κ2) is 12.1. The number of nitrogens with zero attached hydrogens (tertiary/aromatic N) is 3. The maximum Gasteiger partial charge on any atom is 0.401 e. The van der Waals surface area contributed by atoms with Crippen molar-refractivity contribution in [2.75, 3.05) is 52.9 Å². The Morgan fingerprint density at radius 3 is 2.57 bits per heavy atom. The summed E-state index contributed by atoms with van der Waals surface area (Å²) in [5, 5.41) is 3.37. The third-order valence-electron chi connectivity index (χ3n) is 5.58. The molecule has 0 aliphatic carbocycles. The molecule has 2 fully saturated rings. The number of ether oxygens (including phenoxy) is 1. The standard InChI is InChI=1S/C21H31F3N4O.HI/c1-25-20(26-11-18-7-9-27(12-18)16-21(22,23)24)28-10-8-19(13-28)15-29-14-17-5-3-2-4-6-17;/h2-6,18-19H,7-16H2,1H3,(H,25,26);1H. The van der Waals surface area contributed by atoms with Gasteiger partial charge in [-0.3, -0.25) is 9.89 Å². The zero-order valence-corrected chi connectivity index (χ0v) is 19.7. The summed E-state index contributed by atoms with van der Waals surface area (Å²) in [5.41, 5.74) is 1.18. The Morgan fingerprint density at radius 1 is 1.13 bits per heavy atom. The van der Waals surface area contributed by atoms with E-state index in [9.17, 15) is 13.2 Å². The molecule has 5 nitrogen and oxygen atoms in total. The van der Waals surface area contributed by atoms with Crippen molar-refractivity contribution in [1.82, 2.24) is 15.1 Å². The fourth-order valence-electron chi connectivity index (χ4n) is 4.12. The molecule has 1 aromatic rings. The first-order chi connectivity index (χ1) is 13.9. The molecule has 2 saturated heterocycles. The maximum absolute atomic E-state index is 12.5. The first-order valence-corrected chi connectivity index (χ1v) is 10.3. The lowest BCUT2D eigenvalue weighted by molar-refractivity contribution is -0.143. The van der Waals surface area contributed by atoms with Gasteiger partial charge in [0.15, 0.2) is 5.96 Å². The van der Waals surface area contributed by atoms with Gasteiger partial charge >= 0.3 is 6.18 Å². The van der Waals surface area contributed by atoms with E-state index in [1.165, 1.54) is 10.5 Å². The summed E-state index contributed by atoms with van der Waals surface area (Å²) >= 11 is 0. The topological polar surface area (TPSA) is 40.1 Å². The van der Waals surface area contributed by atoms with Crippen LogP contribution in [0.5, 0.6) is 0 Å². The van der Waals surface area contributed by atoms with Crippen molar-refractivity contribution < 1.29 is 17.9 Å². The molecule has 2 heterocycles. The number of guanidine groups is 1. The summed E-state index contributed by atoms with van der Waals surface area (Å²) in [6.45, 7) is 4.00. The van der Waals surface area contributed by atoms with Crippen molar-refractivity contribution in [3.05, 3.63) is 35.9 Å². The fraction of sp³-hybridized carbons (Fsp3) is 0.667. The molecule has 2 aliphatic rings. The minimum absolute atomic E-state index is 0. The molecule has 1 N–H and O–H groups in total. The zero-order chi connectivity index (χ0) is 20.7. The van der Waals surface area contributed by atoms with Gasteiger partial charge in [-0.15, -0.1) is 24.0 Å². The Hall–Kier alpha value is -1.07. The molecule has 1 aromatic carbocycles. The quantitative estimate of drug-likeness (QED) is 0.326. The first kappa shape index (κ1) is 25.2. The predicted octanol–water partition coefficient (Wildman–Crippen LogP) is 3.60. The molecule has 30 heavy (non-hydrogen) atoms. The average Bonchev–Trinajstić information content (AvgIpc) is 3.32. The summed E-state index contributed by atoms with van der Waals surface area (Å²) < 4.78 is 43.5. The van der Waals surface area contributed by atoms with E-state index >= 15 is 0 Å². The third-order valence-corrected chi connectivity index (χ3v) is 5.58. The van der Waals surface area contributed by atoms with Crippen LogP contribution in [0.25, 0.3) is 0 Å². The van der Waals surface area contributed by atoms with E-state index in [0.717, 1.165) is 38.5 Å². The molecule has 2 unspecified atom stereocenters. The smallest absolute Gasteiger partial charge is 0.376 e. The Kier molecular flexibility index (Phi) is 10.2. The molecule has 0 saturated carbocycles. The van der Waals surface area contributed by atoms with E-state index in [4.69, 9.17) is 4.74 Å². The van der Waals surface area contributed by atoms with Gasteiger partial charge in [-0.25, -0.2) is 0 Å². The van der Waals surface area contributed by atoms with Crippen molar-refractivity contribution in [3.63, 3.8) is 0 Å². The van der Waals surface area contributed by atoms with Gasteiger partial charge in [0, 0.05) is 39.1 Å². The molecular weight excluding hydrogens is 508 g/mol. The van der Waals surface area contributed by atoms with E-state index in [1.807, 2.05) is 18.2 Å². The van der Waals surface area contributed by atoms with Crippen LogP contribution in [0.2, 0.25) is 0 Å². The van der Waals surface area contributed by atoms with Crippen LogP contribution < -0.4 is 5.32 Å². The Balaban J connectivity index is 0.00000320. The van der Waals surface area contributed by atoms with Crippen LogP contribution in [-0.4, -0.2) is 74.9 Å². The summed E-state index contributed by atoms with van der Waals surface area (Å²) in [7, 11) is 1.76. The van der Waals surface area contributed by atoms with Gasteiger partial charge in [-0.05, 0) is 30.9 Å². The number of likely N-dealkylation sites (tertiary alicyclic amines) is 2. The fourth-order valence-corrected chi connectivity index (χ4v) is 4.12. The van der Waals surface area contributed by atoms with E-state index in [1.54, 1.807) is 7.05 Å². The molecule has 2 aliphatic heterocycles. The van der Waals surface area contributed by atoms with Crippen molar-refractivity contribution >= 4 is 29.9 Å². The van der Waals surface area contributed by atoms with Crippen molar-refractivity contribution in [2.24, 2.45) is 16.8 Å². The number of rotatable bonds is 7. The van der Waals surface area contributed by atoms with E-state index < -0.39 is 12.7 Å². The Morgan fingerprint density at radius 2 is 1.87 bits per heavy atom. The molecule has 0 aromatic heterocycles. The van der Waals surface area contributed by atoms with Gasteiger partial charge in [0.1, 0.15) is 0 Å². The van der Waals surface area contributed by atoms with Crippen LogP contribution >= 0.6 is 24.0 Å². The Bertz CT molecular complexity index is 659. The van der Waals surface area contributed by atoms with Crippen molar-refractivity contribution in [1.29, 1.82) is 0 Å². The predicted molar refractivity (Wildman–Crippen MR) is 123 cm³/mol. The average molecular weight is 540 g/mol. The second-order valence-electron chi connectivity index (χ2n) is 8.03. The van der Waals surface area contributed by atoms with Crippen LogP contribution in [0.3, 0.4) is 0 Å². The lowest BCUT2D eigenvalue weighted by atomic mass is 10.1. The highest BCUT2D eigenvalue weighted by Gasteiger charge is 2.34. The minimum atomic E-state index is -4.12. The highest BCUT2D eigenvalue weighted by molar-refractivity contribution is 14.0. The monoisotopic (exact) mass is 540 g/mol. The number of benzene rings is 1. The highest BCUT2D eigenvalue weighted by atomic mass is 127.